The average Bonchev–Trinajstić information content (AvgIpc) is 3.21. The van der Waals surface area contributed by atoms with Crippen molar-refractivity contribution in [1.29, 1.82) is 0 Å². The smallest absolute Gasteiger partial charge is 0.298 e. The largest absolute Gasteiger partial charge is 0.494 e. The fourth-order valence-corrected chi connectivity index (χ4v) is 4.39. The Morgan fingerprint density at radius 1 is 1.03 bits per heavy atom. The van der Waals surface area contributed by atoms with Crippen LogP contribution in [0.5, 0.6) is 5.75 Å². The van der Waals surface area contributed by atoms with E-state index in [0.717, 1.165) is 35.2 Å². The van der Waals surface area contributed by atoms with Gasteiger partial charge in [-0.3, -0.25) is 4.79 Å². The Hall–Kier alpha value is -3.12. The number of ether oxygens (including phenoxy) is 1. The van der Waals surface area contributed by atoms with Gasteiger partial charge in [0.15, 0.2) is 0 Å². The Balaban J connectivity index is 1.35. The van der Waals surface area contributed by atoms with Crippen LogP contribution in [0.3, 0.4) is 0 Å². The van der Waals surface area contributed by atoms with E-state index in [9.17, 15) is 4.79 Å². The first-order chi connectivity index (χ1) is 17.1. The average molecular weight is 493 g/mol. The predicted octanol–water partition coefficient (Wildman–Crippen LogP) is 7.24. The summed E-state index contributed by atoms with van der Waals surface area (Å²) >= 11 is 6.13. The molecule has 2 heterocycles. The number of aromatic nitrogens is 3. The summed E-state index contributed by atoms with van der Waals surface area (Å²) in [5, 5.41) is 5.82. The van der Waals surface area contributed by atoms with Gasteiger partial charge in [-0.25, -0.2) is 4.98 Å². The molecular weight excluding hydrogens is 460 g/mol. The van der Waals surface area contributed by atoms with Gasteiger partial charge in [0, 0.05) is 15.9 Å². The van der Waals surface area contributed by atoms with E-state index in [1.165, 1.54) is 49.6 Å². The van der Waals surface area contributed by atoms with Gasteiger partial charge in [0.2, 0.25) is 0 Å². The van der Waals surface area contributed by atoms with Crippen LogP contribution >= 0.6 is 11.6 Å². The molecule has 0 aliphatic carbocycles. The lowest BCUT2D eigenvalue weighted by molar-refractivity contribution is 0.304. The molecule has 184 valence electrons. The zero-order valence-corrected chi connectivity index (χ0v) is 21.3. The number of rotatable bonds is 12. The number of benzene rings is 2. The van der Waals surface area contributed by atoms with Gasteiger partial charge in [0.1, 0.15) is 22.6 Å². The molecule has 0 saturated heterocycles. The number of unbranched alkanes of at least 4 members (excludes halogenated alkanes) is 7. The molecule has 0 fully saturated rings. The lowest BCUT2D eigenvalue weighted by Crippen LogP contribution is -2.20. The van der Waals surface area contributed by atoms with Crippen LogP contribution in [0, 0.1) is 6.92 Å². The minimum atomic E-state index is -0.249. The fourth-order valence-electron chi connectivity index (χ4n) is 4.22. The molecule has 0 amide bonds. The van der Waals surface area contributed by atoms with Crippen LogP contribution in [0.2, 0.25) is 5.02 Å². The highest BCUT2D eigenvalue weighted by Gasteiger charge is 2.13. The molecule has 0 unspecified atom stereocenters. The van der Waals surface area contributed by atoms with E-state index in [0.29, 0.717) is 21.9 Å². The van der Waals surface area contributed by atoms with Gasteiger partial charge in [-0.05, 0) is 61.4 Å². The molecular formula is C28H33ClN4O2. The van der Waals surface area contributed by atoms with Crippen molar-refractivity contribution >= 4 is 39.8 Å². The monoisotopic (exact) mass is 492 g/mol. The summed E-state index contributed by atoms with van der Waals surface area (Å²) in [6.07, 6.45) is 11.9. The number of aromatic amines is 1. The molecule has 6 nitrogen and oxygen atoms in total. The highest BCUT2D eigenvalue weighted by Crippen LogP contribution is 2.25. The van der Waals surface area contributed by atoms with Gasteiger partial charge in [-0.15, -0.1) is 0 Å². The molecule has 0 bridgehead atoms. The summed E-state index contributed by atoms with van der Waals surface area (Å²) in [7, 11) is 0. The lowest BCUT2D eigenvalue weighted by Gasteiger charge is -2.07. The molecule has 0 atom stereocenters. The number of nitrogens with zero attached hydrogens (tertiary/aromatic N) is 3. The normalized spacial score (nSPS) is 11.7. The summed E-state index contributed by atoms with van der Waals surface area (Å²) < 4.78 is 7.18. The third-order valence-electron chi connectivity index (χ3n) is 6.19. The predicted molar refractivity (Wildman–Crippen MR) is 145 cm³/mol. The van der Waals surface area contributed by atoms with Crippen molar-refractivity contribution in [3.8, 4) is 5.75 Å². The van der Waals surface area contributed by atoms with E-state index in [1.807, 2.05) is 36.4 Å². The Labute approximate surface area is 211 Å². The van der Waals surface area contributed by atoms with E-state index >= 15 is 0 Å². The maximum atomic E-state index is 13.1. The third-order valence-corrected chi connectivity index (χ3v) is 6.42. The number of H-pyrrole nitrogens is 1. The minimum Gasteiger partial charge on any atom is -0.494 e. The number of hydrogen-bond donors (Lipinski definition) is 1. The van der Waals surface area contributed by atoms with Gasteiger partial charge in [0.05, 0.1) is 12.8 Å². The first-order valence-electron chi connectivity index (χ1n) is 12.5. The van der Waals surface area contributed by atoms with E-state index < -0.39 is 0 Å². The molecule has 2 aromatic carbocycles. The summed E-state index contributed by atoms with van der Waals surface area (Å²) in [5.41, 5.74) is 2.46. The maximum absolute atomic E-state index is 13.1. The van der Waals surface area contributed by atoms with Crippen LogP contribution in [0.15, 0.2) is 52.4 Å². The van der Waals surface area contributed by atoms with Crippen molar-refractivity contribution in [2.75, 3.05) is 6.61 Å². The second-order valence-electron chi connectivity index (χ2n) is 8.95. The van der Waals surface area contributed by atoms with Crippen LogP contribution < -0.4 is 10.3 Å². The molecule has 35 heavy (non-hydrogen) atoms. The van der Waals surface area contributed by atoms with Crippen molar-refractivity contribution < 1.29 is 4.74 Å². The van der Waals surface area contributed by atoms with Crippen LogP contribution in [0.1, 0.15) is 69.7 Å². The van der Waals surface area contributed by atoms with E-state index in [4.69, 9.17) is 16.3 Å². The Bertz CT molecular complexity index is 1360. The first-order valence-corrected chi connectivity index (χ1v) is 12.9. The molecule has 0 radical (unpaired) electrons. The Morgan fingerprint density at radius 2 is 1.74 bits per heavy atom. The zero-order chi connectivity index (χ0) is 24.6. The molecule has 7 heteroatoms. The molecule has 4 aromatic rings. The maximum Gasteiger partial charge on any atom is 0.298 e. The van der Waals surface area contributed by atoms with Gasteiger partial charge in [0.25, 0.3) is 5.56 Å². The minimum absolute atomic E-state index is 0.249. The number of nitrogens with one attached hydrogen (secondary N) is 1. The lowest BCUT2D eigenvalue weighted by atomic mass is 10.1. The van der Waals surface area contributed by atoms with Crippen molar-refractivity contribution in [2.24, 2.45) is 5.10 Å². The van der Waals surface area contributed by atoms with Crippen LogP contribution in [-0.2, 0) is 0 Å². The Kier molecular flexibility index (Phi) is 8.59. The summed E-state index contributed by atoms with van der Waals surface area (Å²) in [4.78, 5) is 20.8. The van der Waals surface area contributed by atoms with E-state index in [2.05, 4.69) is 22.0 Å². The highest BCUT2D eigenvalue weighted by molar-refractivity contribution is 6.31. The van der Waals surface area contributed by atoms with Crippen LogP contribution in [0.4, 0.5) is 0 Å². The quantitative estimate of drug-likeness (QED) is 0.167. The van der Waals surface area contributed by atoms with Gasteiger partial charge < -0.3 is 9.72 Å². The van der Waals surface area contributed by atoms with Crippen molar-refractivity contribution in [1.82, 2.24) is 14.6 Å². The van der Waals surface area contributed by atoms with Crippen molar-refractivity contribution in [3.05, 3.63) is 69.2 Å². The highest BCUT2D eigenvalue weighted by atomic mass is 35.5. The third kappa shape index (κ3) is 6.31. The van der Waals surface area contributed by atoms with Crippen molar-refractivity contribution in [3.63, 3.8) is 0 Å². The van der Waals surface area contributed by atoms with Gasteiger partial charge in [-0.1, -0.05) is 63.5 Å². The van der Waals surface area contributed by atoms with Crippen molar-refractivity contribution in [2.45, 2.75) is 65.2 Å². The molecule has 4 rings (SSSR count). The topological polar surface area (TPSA) is 72.3 Å². The van der Waals surface area contributed by atoms with Crippen LogP contribution in [0.25, 0.3) is 21.9 Å². The van der Waals surface area contributed by atoms with Gasteiger partial charge in [-0.2, -0.15) is 9.78 Å². The second kappa shape index (κ2) is 12.0. The fraction of sp³-hybridized carbons (Fsp3) is 0.393. The molecule has 0 aliphatic rings. The first kappa shape index (κ1) is 25.0. The summed E-state index contributed by atoms with van der Waals surface area (Å²) in [6, 6.07) is 13.2. The number of fused-ring (bicyclic) bond motifs is 3. The standard InChI is InChI=1S/C28H33ClN4O2/c1-3-4-5-6-7-8-9-10-17-35-23-14-11-21(12-15-23)19-30-33-20(2)31-26-24-18-22(29)13-16-25(24)32-27(26)28(33)34/h11-16,18-19,32H,3-10,17H2,1-2H3/b30-19-. The van der Waals surface area contributed by atoms with Gasteiger partial charge >= 0.3 is 0 Å². The number of hydrogen-bond acceptors (Lipinski definition) is 4. The number of aryl methyl sites for hydroxylation is 1. The van der Waals surface area contributed by atoms with E-state index in [1.54, 1.807) is 19.2 Å². The molecule has 2 aromatic heterocycles. The molecule has 1 N–H and O–H groups in total. The summed E-state index contributed by atoms with van der Waals surface area (Å²) in [6.45, 7) is 4.75. The zero-order valence-electron chi connectivity index (χ0n) is 20.5. The molecule has 0 saturated carbocycles. The van der Waals surface area contributed by atoms with Crippen LogP contribution in [-0.4, -0.2) is 27.5 Å². The van der Waals surface area contributed by atoms with E-state index in [-0.39, 0.29) is 5.56 Å². The Morgan fingerprint density at radius 3 is 2.49 bits per heavy atom. The second-order valence-corrected chi connectivity index (χ2v) is 9.39. The molecule has 0 spiro atoms. The molecule has 0 aliphatic heterocycles. The summed E-state index contributed by atoms with van der Waals surface area (Å²) in [5.74, 6) is 1.35. The number of halogens is 1. The SMILES string of the molecule is CCCCCCCCCCOc1ccc(/C=N\n2c(C)nc3c([nH]c4ccc(Cl)cc43)c2=O)cc1.